The van der Waals surface area contributed by atoms with Gasteiger partial charge in [0.15, 0.2) is 0 Å². The van der Waals surface area contributed by atoms with Crippen LogP contribution in [0.25, 0.3) is 0 Å². The molecule has 80 valence electrons. The molecule has 2 nitrogen and oxygen atoms in total. The van der Waals surface area contributed by atoms with Crippen molar-refractivity contribution in [3.05, 3.63) is 23.4 Å². The number of likely N-dealkylation sites (N-methyl/N-ethyl adjacent to an activating group) is 1. The SMILES string of the molecule is CC=N/C(CNCC)=C(\C=C/C)CC. The first-order chi connectivity index (χ1) is 6.79. The summed E-state index contributed by atoms with van der Waals surface area (Å²) >= 11 is 0. The second-order valence-corrected chi connectivity index (χ2v) is 2.99. The fraction of sp³-hybridized carbons (Fsp3) is 0.583. The predicted molar refractivity (Wildman–Crippen MR) is 64.8 cm³/mol. The Morgan fingerprint density at radius 2 is 2.00 bits per heavy atom. The molecule has 0 fully saturated rings. The molecule has 0 aliphatic heterocycles. The molecule has 0 spiro atoms. The molecule has 0 aromatic rings. The van der Waals surface area contributed by atoms with E-state index in [4.69, 9.17) is 0 Å². The van der Waals surface area contributed by atoms with Crippen LogP contribution in [-0.4, -0.2) is 19.3 Å². The Morgan fingerprint density at radius 3 is 2.43 bits per heavy atom. The van der Waals surface area contributed by atoms with Gasteiger partial charge >= 0.3 is 0 Å². The molecule has 0 aromatic heterocycles. The lowest BCUT2D eigenvalue weighted by atomic mass is 10.1. The number of nitrogens with zero attached hydrogens (tertiary/aromatic N) is 1. The lowest BCUT2D eigenvalue weighted by Gasteiger charge is -2.07. The molecular weight excluding hydrogens is 172 g/mol. The third-order valence-corrected chi connectivity index (χ3v) is 1.95. The van der Waals surface area contributed by atoms with Crippen molar-refractivity contribution in [2.75, 3.05) is 13.1 Å². The molecule has 0 saturated carbocycles. The lowest BCUT2D eigenvalue weighted by molar-refractivity contribution is 0.764. The molecule has 0 aromatic carbocycles. The van der Waals surface area contributed by atoms with Crippen molar-refractivity contribution in [1.82, 2.24) is 5.32 Å². The van der Waals surface area contributed by atoms with E-state index >= 15 is 0 Å². The van der Waals surface area contributed by atoms with Crippen molar-refractivity contribution in [2.45, 2.75) is 34.1 Å². The van der Waals surface area contributed by atoms with Crippen LogP contribution in [0.4, 0.5) is 0 Å². The average Bonchev–Trinajstić information content (AvgIpc) is 2.21. The molecule has 0 radical (unpaired) electrons. The van der Waals surface area contributed by atoms with Crippen LogP contribution in [0.15, 0.2) is 28.4 Å². The number of aliphatic imine (C=N–C) groups is 1. The Labute approximate surface area is 87.8 Å². The van der Waals surface area contributed by atoms with Gasteiger partial charge in [0.1, 0.15) is 0 Å². The number of hydrogen-bond acceptors (Lipinski definition) is 2. The van der Waals surface area contributed by atoms with E-state index < -0.39 is 0 Å². The molecule has 0 amide bonds. The Hall–Kier alpha value is -0.890. The first-order valence-electron chi connectivity index (χ1n) is 5.34. The summed E-state index contributed by atoms with van der Waals surface area (Å²) in [7, 11) is 0. The predicted octanol–water partition coefficient (Wildman–Crippen LogP) is 2.93. The second-order valence-electron chi connectivity index (χ2n) is 2.99. The van der Waals surface area contributed by atoms with Gasteiger partial charge in [0.25, 0.3) is 0 Å². The maximum absolute atomic E-state index is 4.39. The van der Waals surface area contributed by atoms with Gasteiger partial charge in [0.2, 0.25) is 0 Å². The summed E-state index contributed by atoms with van der Waals surface area (Å²) in [5, 5.41) is 3.30. The van der Waals surface area contributed by atoms with Crippen LogP contribution in [0.5, 0.6) is 0 Å². The molecule has 0 aliphatic rings. The summed E-state index contributed by atoms with van der Waals surface area (Å²) in [6.07, 6.45) is 7.09. The van der Waals surface area contributed by atoms with E-state index in [1.54, 1.807) is 0 Å². The van der Waals surface area contributed by atoms with Gasteiger partial charge in [-0.25, -0.2) is 0 Å². The number of hydrogen-bond donors (Lipinski definition) is 1. The van der Waals surface area contributed by atoms with E-state index in [0.717, 1.165) is 25.2 Å². The topological polar surface area (TPSA) is 24.4 Å². The van der Waals surface area contributed by atoms with Gasteiger partial charge in [-0.2, -0.15) is 0 Å². The summed E-state index contributed by atoms with van der Waals surface area (Å²) in [5.74, 6) is 0. The van der Waals surface area contributed by atoms with Crippen LogP contribution in [0, 0.1) is 0 Å². The van der Waals surface area contributed by atoms with E-state index in [9.17, 15) is 0 Å². The maximum Gasteiger partial charge on any atom is 0.0569 e. The summed E-state index contributed by atoms with van der Waals surface area (Å²) < 4.78 is 0. The van der Waals surface area contributed by atoms with Crippen LogP contribution in [0.3, 0.4) is 0 Å². The van der Waals surface area contributed by atoms with Crippen LogP contribution < -0.4 is 5.32 Å². The van der Waals surface area contributed by atoms with Crippen LogP contribution in [0.1, 0.15) is 34.1 Å². The first-order valence-corrected chi connectivity index (χ1v) is 5.34. The fourth-order valence-electron chi connectivity index (χ4n) is 1.26. The Kier molecular flexibility index (Phi) is 8.14. The van der Waals surface area contributed by atoms with E-state index in [2.05, 4.69) is 36.3 Å². The molecule has 14 heavy (non-hydrogen) atoms. The van der Waals surface area contributed by atoms with Gasteiger partial charge in [-0.15, -0.1) is 0 Å². The Balaban J connectivity index is 4.69. The van der Waals surface area contributed by atoms with Crippen molar-refractivity contribution in [3.8, 4) is 0 Å². The summed E-state index contributed by atoms with van der Waals surface area (Å²) in [5.41, 5.74) is 2.46. The number of allylic oxidation sites excluding steroid dienone is 3. The summed E-state index contributed by atoms with van der Waals surface area (Å²) in [4.78, 5) is 4.39. The molecule has 0 atom stereocenters. The summed E-state index contributed by atoms with van der Waals surface area (Å²) in [6, 6.07) is 0. The highest BCUT2D eigenvalue weighted by atomic mass is 14.9. The molecule has 0 aliphatic carbocycles. The number of nitrogens with one attached hydrogen (secondary N) is 1. The quantitative estimate of drug-likeness (QED) is 0.510. The van der Waals surface area contributed by atoms with E-state index in [1.165, 1.54) is 5.57 Å². The van der Waals surface area contributed by atoms with Gasteiger partial charge in [-0.05, 0) is 32.4 Å². The van der Waals surface area contributed by atoms with Gasteiger partial charge in [0, 0.05) is 12.8 Å². The van der Waals surface area contributed by atoms with Crippen LogP contribution in [-0.2, 0) is 0 Å². The first kappa shape index (κ1) is 13.1. The molecular formula is C12H22N2. The van der Waals surface area contributed by atoms with Gasteiger partial charge < -0.3 is 5.32 Å². The van der Waals surface area contributed by atoms with Crippen molar-refractivity contribution in [3.63, 3.8) is 0 Å². The lowest BCUT2D eigenvalue weighted by Crippen LogP contribution is -2.16. The molecule has 0 heterocycles. The highest BCUT2D eigenvalue weighted by Crippen LogP contribution is 2.11. The van der Waals surface area contributed by atoms with Crippen molar-refractivity contribution in [2.24, 2.45) is 4.99 Å². The van der Waals surface area contributed by atoms with Gasteiger partial charge in [-0.1, -0.05) is 26.0 Å². The van der Waals surface area contributed by atoms with Gasteiger partial charge in [-0.3, -0.25) is 4.99 Å². The third kappa shape index (κ3) is 4.97. The molecule has 0 unspecified atom stereocenters. The molecule has 2 heteroatoms. The molecule has 0 bridgehead atoms. The molecule has 0 rings (SSSR count). The highest BCUT2D eigenvalue weighted by Gasteiger charge is 1.99. The van der Waals surface area contributed by atoms with Crippen molar-refractivity contribution < 1.29 is 0 Å². The van der Waals surface area contributed by atoms with Crippen molar-refractivity contribution in [1.29, 1.82) is 0 Å². The fourth-order valence-corrected chi connectivity index (χ4v) is 1.26. The summed E-state index contributed by atoms with van der Waals surface area (Å²) in [6.45, 7) is 10.1. The van der Waals surface area contributed by atoms with Crippen LogP contribution >= 0.6 is 0 Å². The second kappa shape index (κ2) is 8.70. The number of rotatable bonds is 6. The third-order valence-electron chi connectivity index (χ3n) is 1.95. The largest absolute Gasteiger partial charge is 0.311 e. The zero-order valence-corrected chi connectivity index (χ0v) is 9.80. The zero-order valence-electron chi connectivity index (χ0n) is 9.80. The van der Waals surface area contributed by atoms with E-state index in [1.807, 2.05) is 20.1 Å². The Morgan fingerprint density at radius 1 is 1.29 bits per heavy atom. The highest BCUT2D eigenvalue weighted by molar-refractivity contribution is 5.56. The van der Waals surface area contributed by atoms with E-state index in [0.29, 0.717) is 0 Å². The van der Waals surface area contributed by atoms with Crippen molar-refractivity contribution >= 4 is 6.21 Å². The normalized spacial score (nSPS) is 14.0. The van der Waals surface area contributed by atoms with Gasteiger partial charge in [0.05, 0.1) is 5.70 Å². The average molecular weight is 194 g/mol. The maximum atomic E-state index is 4.39. The zero-order chi connectivity index (χ0) is 10.8. The smallest absolute Gasteiger partial charge is 0.0569 e. The minimum Gasteiger partial charge on any atom is -0.311 e. The molecule has 1 N–H and O–H groups in total. The minimum absolute atomic E-state index is 0.856. The monoisotopic (exact) mass is 194 g/mol. The minimum atomic E-state index is 0.856. The Bertz CT molecular complexity index is 224. The van der Waals surface area contributed by atoms with E-state index in [-0.39, 0.29) is 0 Å². The van der Waals surface area contributed by atoms with Crippen LogP contribution in [0.2, 0.25) is 0 Å². The molecule has 0 saturated heterocycles. The standard InChI is InChI=1S/C12H22N2/c1-5-9-11(6-2)12(14-8-4)10-13-7-3/h5,8-9,13H,6-7,10H2,1-4H3/b9-5-,12-11-,14-8?.